The van der Waals surface area contributed by atoms with Gasteiger partial charge < -0.3 is 14.6 Å². The number of aryl methyl sites for hydroxylation is 1. The predicted molar refractivity (Wildman–Crippen MR) is 69.5 cm³/mol. The SMILES string of the molecule is CCCOc1ccc(CCC(=O)OC)cc1C(=O)O. The van der Waals surface area contributed by atoms with Crippen molar-refractivity contribution in [1.29, 1.82) is 0 Å². The number of benzene rings is 1. The summed E-state index contributed by atoms with van der Waals surface area (Å²) in [6, 6.07) is 4.93. The molecule has 0 unspecified atom stereocenters. The Bertz CT molecular complexity index is 453. The van der Waals surface area contributed by atoms with E-state index in [1.807, 2.05) is 6.92 Å². The fraction of sp³-hybridized carbons (Fsp3) is 0.429. The number of esters is 1. The zero-order valence-electron chi connectivity index (χ0n) is 11.1. The van der Waals surface area contributed by atoms with Gasteiger partial charge in [-0.1, -0.05) is 13.0 Å². The minimum atomic E-state index is -1.04. The van der Waals surface area contributed by atoms with Crippen LogP contribution in [0.15, 0.2) is 18.2 Å². The number of carbonyl (C=O) groups is 2. The molecule has 0 aliphatic rings. The Morgan fingerprint density at radius 2 is 2.05 bits per heavy atom. The second kappa shape index (κ2) is 7.41. The molecule has 0 saturated heterocycles. The smallest absolute Gasteiger partial charge is 0.339 e. The number of methoxy groups -OCH3 is 1. The van der Waals surface area contributed by atoms with Crippen LogP contribution in [0.2, 0.25) is 0 Å². The van der Waals surface area contributed by atoms with Crippen molar-refractivity contribution in [2.45, 2.75) is 26.2 Å². The Kier molecular flexibility index (Phi) is 5.85. The van der Waals surface area contributed by atoms with E-state index in [1.54, 1.807) is 12.1 Å². The van der Waals surface area contributed by atoms with Gasteiger partial charge in [-0.2, -0.15) is 0 Å². The summed E-state index contributed by atoms with van der Waals surface area (Å²) in [4.78, 5) is 22.2. The van der Waals surface area contributed by atoms with E-state index >= 15 is 0 Å². The van der Waals surface area contributed by atoms with Crippen molar-refractivity contribution in [2.75, 3.05) is 13.7 Å². The molecule has 0 aromatic heterocycles. The molecule has 104 valence electrons. The van der Waals surface area contributed by atoms with Crippen molar-refractivity contribution in [3.63, 3.8) is 0 Å². The fourth-order valence-corrected chi connectivity index (χ4v) is 1.59. The first-order valence-corrected chi connectivity index (χ1v) is 6.14. The highest BCUT2D eigenvalue weighted by Gasteiger charge is 2.13. The summed E-state index contributed by atoms with van der Waals surface area (Å²) in [5.74, 6) is -0.995. The number of hydrogen-bond donors (Lipinski definition) is 1. The van der Waals surface area contributed by atoms with Gasteiger partial charge >= 0.3 is 11.9 Å². The van der Waals surface area contributed by atoms with Gasteiger partial charge in [0.05, 0.1) is 13.7 Å². The minimum Gasteiger partial charge on any atom is -0.493 e. The summed E-state index contributed by atoms with van der Waals surface area (Å²) in [6.07, 6.45) is 1.48. The number of rotatable bonds is 7. The topological polar surface area (TPSA) is 72.8 Å². The summed E-state index contributed by atoms with van der Waals surface area (Å²) in [7, 11) is 1.33. The van der Waals surface area contributed by atoms with Crippen LogP contribution in [0.1, 0.15) is 35.7 Å². The molecule has 5 nitrogen and oxygen atoms in total. The molecule has 0 saturated carbocycles. The first-order chi connectivity index (χ1) is 9.08. The summed E-state index contributed by atoms with van der Waals surface area (Å²) < 4.78 is 9.92. The summed E-state index contributed by atoms with van der Waals surface area (Å²) >= 11 is 0. The van der Waals surface area contributed by atoms with Gasteiger partial charge in [0, 0.05) is 6.42 Å². The van der Waals surface area contributed by atoms with Crippen LogP contribution in [0.4, 0.5) is 0 Å². The summed E-state index contributed by atoms with van der Waals surface area (Å²) in [5, 5.41) is 9.14. The van der Waals surface area contributed by atoms with Crippen LogP contribution in [0, 0.1) is 0 Å². The van der Waals surface area contributed by atoms with E-state index < -0.39 is 5.97 Å². The third-order valence-corrected chi connectivity index (χ3v) is 2.58. The van der Waals surface area contributed by atoms with Crippen LogP contribution in [0.25, 0.3) is 0 Å². The van der Waals surface area contributed by atoms with Gasteiger partial charge in [0.25, 0.3) is 0 Å². The lowest BCUT2D eigenvalue weighted by molar-refractivity contribution is -0.140. The maximum absolute atomic E-state index is 11.2. The average Bonchev–Trinajstić information content (AvgIpc) is 2.42. The number of aromatic carboxylic acids is 1. The quantitative estimate of drug-likeness (QED) is 0.766. The normalized spacial score (nSPS) is 10.0. The molecule has 0 heterocycles. The molecule has 0 aliphatic carbocycles. The molecule has 0 bridgehead atoms. The molecule has 1 rings (SSSR count). The first-order valence-electron chi connectivity index (χ1n) is 6.14. The van der Waals surface area contributed by atoms with Crippen molar-refractivity contribution in [2.24, 2.45) is 0 Å². The Morgan fingerprint density at radius 1 is 1.32 bits per heavy atom. The fourth-order valence-electron chi connectivity index (χ4n) is 1.59. The molecular weight excluding hydrogens is 248 g/mol. The molecule has 0 aliphatic heterocycles. The largest absolute Gasteiger partial charge is 0.493 e. The highest BCUT2D eigenvalue weighted by atomic mass is 16.5. The minimum absolute atomic E-state index is 0.121. The zero-order valence-corrected chi connectivity index (χ0v) is 11.1. The lowest BCUT2D eigenvalue weighted by Crippen LogP contribution is -2.06. The number of ether oxygens (including phenoxy) is 2. The molecule has 1 N–H and O–H groups in total. The maximum Gasteiger partial charge on any atom is 0.339 e. The average molecular weight is 266 g/mol. The highest BCUT2D eigenvalue weighted by molar-refractivity contribution is 5.91. The molecule has 0 radical (unpaired) electrons. The standard InChI is InChI=1S/C14H18O5/c1-3-8-19-12-6-4-10(5-7-13(15)18-2)9-11(12)14(16)17/h4,6,9H,3,5,7-8H2,1-2H3,(H,16,17). The zero-order chi connectivity index (χ0) is 14.3. The molecular formula is C14H18O5. The summed E-state index contributed by atoms with van der Waals surface area (Å²) in [5.41, 5.74) is 0.891. The first kappa shape index (κ1) is 15.0. The van der Waals surface area contributed by atoms with Crippen LogP contribution in [0.3, 0.4) is 0 Å². The second-order valence-electron chi connectivity index (χ2n) is 4.06. The third-order valence-electron chi connectivity index (χ3n) is 2.58. The number of carboxylic acids is 1. The van der Waals surface area contributed by atoms with Gasteiger partial charge in [-0.3, -0.25) is 4.79 Å². The van der Waals surface area contributed by atoms with Gasteiger partial charge in [0.1, 0.15) is 11.3 Å². The van der Waals surface area contributed by atoms with E-state index in [4.69, 9.17) is 9.84 Å². The van der Waals surface area contributed by atoms with E-state index in [0.717, 1.165) is 12.0 Å². The predicted octanol–water partition coefficient (Wildman–Crippen LogP) is 2.28. The Labute approximate surface area is 112 Å². The van der Waals surface area contributed by atoms with Crippen molar-refractivity contribution in [3.8, 4) is 5.75 Å². The Morgan fingerprint density at radius 3 is 2.63 bits per heavy atom. The molecule has 1 aromatic rings. The van der Waals surface area contributed by atoms with Gasteiger partial charge in [-0.25, -0.2) is 4.79 Å². The van der Waals surface area contributed by atoms with E-state index in [0.29, 0.717) is 18.8 Å². The summed E-state index contributed by atoms with van der Waals surface area (Å²) in [6.45, 7) is 2.42. The lowest BCUT2D eigenvalue weighted by atomic mass is 10.1. The molecule has 19 heavy (non-hydrogen) atoms. The Balaban J connectivity index is 2.83. The van der Waals surface area contributed by atoms with Crippen LogP contribution in [-0.2, 0) is 16.0 Å². The lowest BCUT2D eigenvalue weighted by Gasteiger charge is -2.10. The van der Waals surface area contributed by atoms with Crippen LogP contribution in [-0.4, -0.2) is 30.8 Å². The molecule has 0 amide bonds. The van der Waals surface area contributed by atoms with E-state index in [2.05, 4.69) is 4.74 Å². The van der Waals surface area contributed by atoms with E-state index in [1.165, 1.54) is 13.2 Å². The van der Waals surface area contributed by atoms with Gasteiger partial charge in [0.2, 0.25) is 0 Å². The van der Waals surface area contributed by atoms with Crippen LogP contribution >= 0.6 is 0 Å². The van der Waals surface area contributed by atoms with Crippen molar-refractivity contribution < 1.29 is 24.2 Å². The molecule has 5 heteroatoms. The van der Waals surface area contributed by atoms with Crippen molar-refractivity contribution >= 4 is 11.9 Å². The second-order valence-corrected chi connectivity index (χ2v) is 4.06. The van der Waals surface area contributed by atoms with Crippen molar-refractivity contribution in [1.82, 2.24) is 0 Å². The van der Waals surface area contributed by atoms with E-state index in [-0.39, 0.29) is 18.0 Å². The number of carboxylic acid groups (broad SMARTS) is 1. The van der Waals surface area contributed by atoms with Crippen molar-refractivity contribution in [3.05, 3.63) is 29.3 Å². The van der Waals surface area contributed by atoms with E-state index in [9.17, 15) is 9.59 Å². The molecule has 0 atom stereocenters. The van der Waals surface area contributed by atoms with Crippen LogP contribution < -0.4 is 4.74 Å². The number of hydrogen-bond acceptors (Lipinski definition) is 4. The maximum atomic E-state index is 11.2. The molecule has 0 fully saturated rings. The van der Waals surface area contributed by atoms with Gasteiger partial charge in [-0.15, -0.1) is 0 Å². The van der Waals surface area contributed by atoms with Crippen LogP contribution in [0.5, 0.6) is 5.75 Å². The Hall–Kier alpha value is -2.04. The van der Waals surface area contributed by atoms with Gasteiger partial charge in [0.15, 0.2) is 0 Å². The van der Waals surface area contributed by atoms with Gasteiger partial charge in [-0.05, 0) is 30.5 Å². The monoisotopic (exact) mass is 266 g/mol. The molecule has 1 aromatic carbocycles. The highest BCUT2D eigenvalue weighted by Crippen LogP contribution is 2.21. The third kappa shape index (κ3) is 4.62. The number of carbonyl (C=O) groups excluding carboxylic acids is 1. The molecule has 0 spiro atoms.